The molecule has 0 atom stereocenters. The number of rotatable bonds is 1. The van der Waals surface area contributed by atoms with Crippen LogP contribution in [0.25, 0.3) is 22.3 Å². The van der Waals surface area contributed by atoms with Gasteiger partial charge in [0.1, 0.15) is 0 Å². The Morgan fingerprint density at radius 3 is 1.43 bits per heavy atom. The minimum absolute atomic E-state index is 0.208. The summed E-state index contributed by atoms with van der Waals surface area (Å²) in [5.41, 5.74) is 12.5. The molecule has 2 aliphatic rings. The minimum atomic E-state index is -0.208. The lowest BCUT2D eigenvalue weighted by Gasteiger charge is -2.32. The maximum Gasteiger partial charge on any atom is 0.0728 e. The second-order valence-electron chi connectivity index (χ2n) is 8.31. The maximum atomic E-state index is 2.35. The van der Waals surface area contributed by atoms with Gasteiger partial charge in [0.05, 0.1) is 5.41 Å². The SMILES string of the molecule is CC(C)c1cccc2c1C1(c3ccccc3-c3ccccc31)c1ccccc1-2. The van der Waals surface area contributed by atoms with Crippen LogP contribution in [0.5, 0.6) is 0 Å². The minimum Gasteiger partial charge on any atom is -0.0619 e. The quantitative estimate of drug-likeness (QED) is 0.293. The molecule has 0 unspecified atom stereocenters. The average molecular weight is 358 g/mol. The van der Waals surface area contributed by atoms with Crippen molar-refractivity contribution in [2.75, 3.05) is 0 Å². The van der Waals surface area contributed by atoms with Gasteiger partial charge in [0.15, 0.2) is 0 Å². The fourth-order valence-corrected chi connectivity index (χ4v) is 5.67. The van der Waals surface area contributed by atoms with Crippen molar-refractivity contribution in [3.8, 4) is 22.3 Å². The molecule has 0 fully saturated rings. The second-order valence-corrected chi connectivity index (χ2v) is 8.31. The Hall–Kier alpha value is -3.12. The van der Waals surface area contributed by atoms with Crippen molar-refractivity contribution in [3.63, 3.8) is 0 Å². The molecule has 0 aromatic heterocycles. The Balaban J connectivity index is 1.88. The Kier molecular flexibility index (Phi) is 3.09. The lowest BCUT2D eigenvalue weighted by Crippen LogP contribution is -2.27. The summed E-state index contributed by atoms with van der Waals surface area (Å²) in [5.74, 6) is 0.473. The maximum absolute atomic E-state index is 2.35. The van der Waals surface area contributed by atoms with Crippen molar-refractivity contribution in [1.29, 1.82) is 0 Å². The highest BCUT2D eigenvalue weighted by Crippen LogP contribution is 2.63. The Morgan fingerprint density at radius 2 is 0.929 bits per heavy atom. The summed E-state index contributed by atoms with van der Waals surface area (Å²) < 4.78 is 0. The van der Waals surface area contributed by atoms with Crippen LogP contribution < -0.4 is 0 Å². The van der Waals surface area contributed by atoms with Crippen LogP contribution in [0.1, 0.15) is 47.6 Å². The normalized spacial score (nSPS) is 14.7. The van der Waals surface area contributed by atoms with E-state index in [1.807, 2.05) is 0 Å². The van der Waals surface area contributed by atoms with Crippen molar-refractivity contribution < 1.29 is 0 Å². The smallest absolute Gasteiger partial charge is 0.0619 e. The zero-order valence-corrected chi connectivity index (χ0v) is 16.2. The van der Waals surface area contributed by atoms with Crippen LogP contribution in [-0.2, 0) is 5.41 Å². The van der Waals surface area contributed by atoms with Gasteiger partial charge < -0.3 is 0 Å². The van der Waals surface area contributed by atoms with Gasteiger partial charge in [0.2, 0.25) is 0 Å². The molecular formula is C28H22. The van der Waals surface area contributed by atoms with E-state index < -0.39 is 0 Å². The first-order valence-electron chi connectivity index (χ1n) is 10.2. The molecule has 2 aliphatic carbocycles. The highest BCUT2D eigenvalue weighted by Gasteiger charge is 2.52. The van der Waals surface area contributed by atoms with Crippen molar-refractivity contribution in [3.05, 3.63) is 119 Å². The van der Waals surface area contributed by atoms with Gasteiger partial charge in [-0.3, -0.25) is 0 Å². The fourth-order valence-electron chi connectivity index (χ4n) is 5.67. The van der Waals surface area contributed by atoms with Crippen LogP contribution in [0.15, 0.2) is 91.0 Å². The number of hydrogen-bond donors (Lipinski definition) is 0. The molecule has 0 nitrogen and oxygen atoms in total. The van der Waals surface area contributed by atoms with E-state index in [1.54, 1.807) is 0 Å². The van der Waals surface area contributed by atoms with Gasteiger partial charge in [-0.2, -0.15) is 0 Å². The van der Waals surface area contributed by atoms with E-state index in [1.165, 1.54) is 50.1 Å². The molecule has 0 heterocycles. The van der Waals surface area contributed by atoms with E-state index in [4.69, 9.17) is 0 Å². The Bertz CT molecular complexity index is 1180. The third-order valence-corrected chi connectivity index (χ3v) is 6.67. The molecule has 4 aromatic carbocycles. The van der Waals surface area contributed by atoms with Crippen molar-refractivity contribution in [1.82, 2.24) is 0 Å². The van der Waals surface area contributed by atoms with E-state index in [2.05, 4.69) is 105 Å². The van der Waals surface area contributed by atoms with Gasteiger partial charge in [-0.25, -0.2) is 0 Å². The van der Waals surface area contributed by atoms with E-state index in [-0.39, 0.29) is 5.41 Å². The summed E-state index contributed by atoms with van der Waals surface area (Å²) in [6.45, 7) is 4.64. The predicted molar refractivity (Wildman–Crippen MR) is 117 cm³/mol. The summed E-state index contributed by atoms with van der Waals surface area (Å²) in [6, 6.07) is 33.9. The van der Waals surface area contributed by atoms with E-state index in [0.717, 1.165) is 0 Å². The second kappa shape index (κ2) is 5.45. The van der Waals surface area contributed by atoms with Gasteiger partial charge in [-0.15, -0.1) is 0 Å². The summed E-state index contributed by atoms with van der Waals surface area (Å²) in [7, 11) is 0. The zero-order chi connectivity index (χ0) is 18.9. The van der Waals surface area contributed by atoms with Crippen molar-refractivity contribution in [2.45, 2.75) is 25.2 Å². The summed E-state index contributed by atoms with van der Waals surface area (Å²) in [6.07, 6.45) is 0. The topological polar surface area (TPSA) is 0 Å². The first-order valence-corrected chi connectivity index (χ1v) is 10.2. The van der Waals surface area contributed by atoms with Gasteiger partial charge >= 0.3 is 0 Å². The van der Waals surface area contributed by atoms with Crippen LogP contribution >= 0.6 is 0 Å². The number of fused-ring (bicyclic) bond motifs is 10. The molecule has 28 heavy (non-hydrogen) atoms. The summed E-state index contributed by atoms with van der Waals surface area (Å²) >= 11 is 0. The van der Waals surface area contributed by atoms with Crippen molar-refractivity contribution in [2.24, 2.45) is 0 Å². The summed E-state index contributed by atoms with van der Waals surface area (Å²) in [4.78, 5) is 0. The van der Waals surface area contributed by atoms with Gasteiger partial charge in [-0.1, -0.05) is 105 Å². The number of hydrogen-bond acceptors (Lipinski definition) is 0. The van der Waals surface area contributed by atoms with Crippen LogP contribution in [0, 0.1) is 0 Å². The fraction of sp³-hybridized carbons (Fsp3) is 0.143. The third kappa shape index (κ3) is 1.72. The lowest BCUT2D eigenvalue weighted by molar-refractivity contribution is 0.750. The van der Waals surface area contributed by atoms with Crippen LogP contribution in [0.3, 0.4) is 0 Å². The molecule has 0 bridgehead atoms. The molecule has 4 aromatic rings. The first kappa shape index (κ1) is 15.9. The zero-order valence-electron chi connectivity index (χ0n) is 16.2. The van der Waals surface area contributed by atoms with Gasteiger partial charge in [0, 0.05) is 0 Å². The van der Waals surface area contributed by atoms with E-state index in [9.17, 15) is 0 Å². The molecule has 0 saturated carbocycles. The predicted octanol–water partition coefficient (Wildman–Crippen LogP) is 7.15. The highest BCUT2D eigenvalue weighted by molar-refractivity contribution is 5.95. The first-order chi connectivity index (χ1) is 13.7. The van der Waals surface area contributed by atoms with Crippen LogP contribution in [0.4, 0.5) is 0 Å². The van der Waals surface area contributed by atoms with E-state index in [0.29, 0.717) is 5.92 Å². The van der Waals surface area contributed by atoms with E-state index >= 15 is 0 Å². The molecule has 0 amide bonds. The molecule has 6 rings (SSSR count). The molecular weight excluding hydrogens is 336 g/mol. The molecule has 134 valence electrons. The highest BCUT2D eigenvalue weighted by atomic mass is 14.5. The Morgan fingerprint density at radius 1 is 0.500 bits per heavy atom. The molecule has 0 aliphatic heterocycles. The summed E-state index contributed by atoms with van der Waals surface area (Å²) in [5, 5.41) is 0. The average Bonchev–Trinajstić information content (AvgIpc) is 3.21. The van der Waals surface area contributed by atoms with Gasteiger partial charge in [0.25, 0.3) is 0 Å². The van der Waals surface area contributed by atoms with Crippen molar-refractivity contribution >= 4 is 0 Å². The lowest BCUT2D eigenvalue weighted by atomic mass is 9.68. The van der Waals surface area contributed by atoms with Crippen LogP contribution in [0.2, 0.25) is 0 Å². The Labute approximate surface area is 166 Å². The third-order valence-electron chi connectivity index (χ3n) is 6.67. The molecule has 0 saturated heterocycles. The number of benzene rings is 4. The monoisotopic (exact) mass is 358 g/mol. The van der Waals surface area contributed by atoms with Gasteiger partial charge in [-0.05, 0) is 56.0 Å². The standard InChI is InChI=1S/C28H22/c1-18(2)19-13-9-14-23-22-12-5-8-17-26(22)28(27(19)23)24-15-6-3-10-20(24)21-11-4-7-16-25(21)28/h3-18H,1-2H3. The molecule has 0 radical (unpaired) electrons. The molecule has 0 N–H and O–H groups in total. The molecule has 0 heteroatoms. The molecule has 1 spiro atoms. The van der Waals surface area contributed by atoms with Crippen LogP contribution in [-0.4, -0.2) is 0 Å². The largest absolute Gasteiger partial charge is 0.0728 e.